The number of hydrogen-bond acceptors (Lipinski definition) is 3. The Hall–Kier alpha value is -0.830. The molecule has 0 N–H and O–H groups in total. The standard InChI is InChI=1S/C13H20O3/c1-15-13(10-6-3-2-4-7-10)12(14)11-8-5-9-16-11/h8,10,13H,2-7,9H2,1H3. The van der Waals surface area contributed by atoms with Gasteiger partial charge in [0.2, 0.25) is 5.78 Å². The van der Waals surface area contributed by atoms with Crippen molar-refractivity contribution in [3.8, 4) is 0 Å². The van der Waals surface area contributed by atoms with Gasteiger partial charge in [0, 0.05) is 13.5 Å². The summed E-state index contributed by atoms with van der Waals surface area (Å²) in [6.07, 6.45) is 8.40. The lowest BCUT2D eigenvalue weighted by atomic mass is 9.83. The van der Waals surface area contributed by atoms with Gasteiger partial charge in [-0.25, -0.2) is 0 Å². The van der Waals surface area contributed by atoms with Gasteiger partial charge in [0.05, 0.1) is 6.61 Å². The zero-order chi connectivity index (χ0) is 11.4. The van der Waals surface area contributed by atoms with Crippen molar-refractivity contribution in [3.63, 3.8) is 0 Å². The van der Waals surface area contributed by atoms with E-state index >= 15 is 0 Å². The SMILES string of the molecule is COC(C(=O)C1=CCCO1)C1CCCCC1. The van der Waals surface area contributed by atoms with E-state index in [0.717, 1.165) is 19.3 Å². The van der Waals surface area contributed by atoms with E-state index in [1.54, 1.807) is 7.11 Å². The molecule has 0 amide bonds. The van der Waals surface area contributed by atoms with Gasteiger partial charge >= 0.3 is 0 Å². The van der Waals surface area contributed by atoms with Crippen LogP contribution in [0.4, 0.5) is 0 Å². The Bertz CT molecular complexity index is 277. The average molecular weight is 224 g/mol. The van der Waals surface area contributed by atoms with Gasteiger partial charge < -0.3 is 9.47 Å². The second kappa shape index (κ2) is 5.48. The number of methoxy groups -OCH3 is 1. The number of Topliss-reactive ketones (excluding diaryl/α,β-unsaturated/α-hetero) is 1. The fourth-order valence-electron chi connectivity index (χ4n) is 2.68. The van der Waals surface area contributed by atoms with E-state index in [-0.39, 0.29) is 11.9 Å². The van der Waals surface area contributed by atoms with E-state index in [9.17, 15) is 4.79 Å². The van der Waals surface area contributed by atoms with Crippen LogP contribution in [0.5, 0.6) is 0 Å². The molecule has 1 unspecified atom stereocenters. The third-order valence-electron chi connectivity index (χ3n) is 3.54. The minimum atomic E-state index is -0.287. The molecule has 0 radical (unpaired) electrons. The van der Waals surface area contributed by atoms with Crippen LogP contribution in [0.3, 0.4) is 0 Å². The third-order valence-corrected chi connectivity index (χ3v) is 3.54. The first-order valence-corrected chi connectivity index (χ1v) is 6.23. The van der Waals surface area contributed by atoms with Crippen LogP contribution in [0.2, 0.25) is 0 Å². The lowest BCUT2D eigenvalue weighted by molar-refractivity contribution is -0.132. The van der Waals surface area contributed by atoms with Gasteiger partial charge in [-0.15, -0.1) is 0 Å². The summed E-state index contributed by atoms with van der Waals surface area (Å²) in [6, 6.07) is 0. The molecule has 1 saturated carbocycles. The zero-order valence-electron chi connectivity index (χ0n) is 9.91. The Morgan fingerprint density at radius 2 is 2.19 bits per heavy atom. The summed E-state index contributed by atoms with van der Waals surface area (Å²) in [4.78, 5) is 12.2. The Morgan fingerprint density at radius 3 is 2.75 bits per heavy atom. The molecule has 0 aromatic rings. The molecule has 0 spiro atoms. The predicted molar refractivity (Wildman–Crippen MR) is 61.0 cm³/mol. The maximum atomic E-state index is 12.2. The predicted octanol–water partition coefficient (Wildman–Crippen LogP) is 2.46. The molecular weight excluding hydrogens is 204 g/mol. The molecular formula is C13H20O3. The van der Waals surface area contributed by atoms with E-state index in [0.29, 0.717) is 18.3 Å². The van der Waals surface area contributed by atoms with Gasteiger partial charge in [0.15, 0.2) is 5.76 Å². The van der Waals surface area contributed by atoms with Crippen LogP contribution in [-0.2, 0) is 14.3 Å². The minimum absolute atomic E-state index is 0.0481. The Balaban J connectivity index is 2.00. The highest BCUT2D eigenvalue weighted by atomic mass is 16.5. The second-order valence-electron chi connectivity index (χ2n) is 4.62. The van der Waals surface area contributed by atoms with Gasteiger partial charge in [-0.3, -0.25) is 4.79 Å². The highest BCUT2D eigenvalue weighted by Gasteiger charge is 2.32. The average Bonchev–Trinajstić information content (AvgIpc) is 2.85. The van der Waals surface area contributed by atoms with Gasteiger partial charge in [-0.2, -0.15) is 0 Å². The Kier molecular flexibility index (Phi) is 3.99. The molecule has 0 aromatic heterocycles. The van der Waals surface area contributed by atoms with Crippen molar-refractivity contribution in [2.24, 2.45) is 5.92 Å². The first-order valence-electron chi connectivity index (χ1n) is 6.23. The fraction of sp³-hybridized carbons (Fsp3) is 0.769. The van der Waals surface area contributed by atoms with Gasteiger partial charge in [-0.05, 0) is 24.8 Å². The van der Waals surface area contributed by atoms with Crippen LogP contribution in [-0.4, -0.2) is 25.6 Å². The third kappa shape index (κ3) is 2.46. The smallest absolute Gasteiger partial charge is 0.225 e. The van der Waals surface area contributed by atoms with Gasteiger partial charge in [-0.1, -0.05) is 19.3 Å². The topological polar surface area (TPSA) is 35.5 Å². The molecule has 0 aromatic carbocycles. The van der Waals surface area contributed by atoms with Crippen LogP contribution in [0.25, 0.3) is 0 Å². The molecule has 1 aliphatic carbocycles. The second-order valence-corrected chi connectivity index (χ2v) is 4.62. The van der Waals surface area contributed by atoms with Crippen molar-refractivity contribution in [3.05, 3.63) is 11.8 Å². The number of hydrogen-bond donors (Lipinski definition) is 0. The van der Waals surface area contributed by atoms with Crippen LogP contribution < -0.4 is 0 Å². The summed E-state index contributed by atoms with van der Waals surface area (Å²) in [5.74, 6) is 0.959. The van der Waals surface area contributed by atoms with E-state index in [2.05, 4.69) is 0 Å². The van der Waals surface area contributed by atoms with E-state index in [4.69, 9.17) is 9.47 Å². The largest absolute Gasteiger partial charge is 0.490 e. The van der Waals surface area contributed by atoms with Crippen LogP contribution in [0.15, 0.2) is 11.8 Å². The summed E-state index contributed by atoms with van der Waals surface area (Å²) in [5, 5.41) is 0. The van der Waals surface area contributed by atoms with Crippen molar-refractivity contribution >= 4 is 5.78 Å². The number of ether oxygens (including phenoxy) is 2. The monoisotopic (exact) mass is 224 g/mol. The molecule has 90 valence electrons. The lowest BCUT2D eigenvalue weighted by Crippen LogP contribution is -2.34. The zero-order valence-corrected chi connectivity index (χ0v) is 9.91. The molecule has 3 heteroatoms. The van der Waals surface area contributed by atoms with Crippen molar-refractivity contribution in [1.29, 1.82) is 0 Å². The van der Waals surface area contributed by atoms with Gasteiger partial charge in [0.25, 0.3) is 0 Å². The molecule has 1 fully saturated rings. The number of rotatable bonds is 4. The summed E-state index contributed by atoms with van der Waals surface area (Å²) in [7, 11) is 1.63. The maximum Gasteiger partial charge on any atom is 0.225 e. The van der Waals surface area contributed by atoms with Crippen LogP contribution >= 0.6 is 0 Å². The molecule has 2 rings (SSSR count). The van der Waals surface area contributed by atoms with Gasteiger partial charge in [0.1, 0.15) is 6.10 Å². The molecule has 2 aliphatic rings. The quantitative estimate of drug-likeness (QED) is 0.735. The molecule has 0 bridgehead atoms. The number of carbonyl (C=O) groups is 1. The maximum absolute atomic E-state index is 12.2. The molecule has 16 heavy (non-hydrogen) atoms. The van der Waals surface area contributed by atoms with E-state index in [1.165, 1.54) is 19.3 Å². The molecule has 1 aliphatic heterocycles. The first kappa shape index (κ1) is 11.6. The molecule has 3 nitrogen and oxygen atoms in total. The summed E-state index contributed by atoms with van der Waals surface area (Å²) >= 11 is 0. The highest BCUT2D eigenvalue weighted by Crippen LogP contribution is 2.30. The molecule has 1 heterocycles. The minimum Gasteiger partial charge on any atom is -0.490 e. The Labute approximate surface area is 96.8 Å². The number of carbonyl (C=O) groups excluding carboxylic acids is 1. The van der Waals surface area contributed by atoms with Crippen molar-refractivity contribution in [2.45, 2.75) is 44.6 Å². The highest BCUT2D eigenvalue weighted by molar-refractivity contribution is 5.97. The molecule has 1 atom stereocenters. The lowest BCUT2D eigenvalue weighted by Gasteiger charge is -2.28. The summed E-state index contributed by atoms with van der Waals surface area (Å²) in [6.45, 7) is 0.641. The van der Waals surface area contributed by atoms with E-state index in [1.807, 2.05) is 6.08 Å². The summed E-state index contributed by atoms with van der Waals surface area (Å²) < 4.78 is 10.7. The van der Waals surface area contributed by atoms with Crippen molar-refractivity contribution < 1.29 is 14.3 Å². The first-order chi connectivity index (χ1) is 7.83. The molecule has 0 saturated heterocycles. The van der Waals surface area contributed by atoms with E-state index < -0.39 is 0 Å². The van der Waals surface area contributed by atoms with Crippen molar-refractivity contribution in [1.82, 2.24) is 0 Å². The van der Waals surface area contributed by atoms with Crippen LogP contribution in [0, 0.1) is 5.92 Å². The summed E-state index contributed by atoms with van der Waals surface area (Å²) in [5.41, 5.74) is 0. The van der Waals surface area contributed by atoms with Crippen LogP contribution in [0.1, 0.15) is 38.5 Å². The number of ketones is 1. The fourth-order valence-corrected chi connectivity index (χ4v) is 2.68. The normalized spacial score (nSPS) is 23.7. The van der Waals surface area contributed by atoms with Crippen molar-refractivity contribution in [2.75, 3.05) is 13.7 Å². The Morgan fingerprint density at radius 1 is 1.44 bits per heavy atom.